The van der Waals surface area contributed by atoms with Gasteiger partial charge in [0, 0.05) is 42.5 Å². The zero-order valence-electron chi connectivity index (χ0n) is 17.7. The molecule has 0 radical (unpaired) electrons. The van der Waals surface area contributed by atoms with Gasteiger partial charge < -0.3 is 19.9 Å². The quantitative estimate of drug-likeness (QED) is 0.659. The Morgan fingerprint density at radius 2 is 1.84 bits per heavy atom. The van der Waals surface area contributed by atoms with Gasteiger partial charge in [-0.2, -0.15) is 0 Å². The molecule has 1 amide bonds. The van der Waals surface area contributed by atoms with Crippen LogP contribution in [0.5, 0.6) is 5.75 Å². The summed E-state index contributed by atoms with van der Waals surface area (Å²) in [6.45, 7) is -0.643. The molecule has 0 saturated heterocycles. The number of carbonyl (C=O) groups excluding carboxylic acids is 2. The van der Waals surface area contributed by atoms with Crippen LogP contribution in [-0.2, 0) is 6.54 Å². The topological polar surface area (TPSA) is 91.6 Å². The van der Waals surface area contributed by atoms with E-state index in [4.69, 9.17) is 0 Å². The summed E-state index contributed by atoms with van der Waals surface area (Å²) in [5, 5.41) is 12.6. The molecule has 2 aromatic rings. The minimum Gasteiger partial charge on any atom is -0.503 e. The molecule has 7 nitrogen and oxygen atoms in total. The van der Waals surface area contributed by atoms with Crippen LogP contribution in [0.2, 0.25) is 0 Å². The fourth-order valence-electron chi connectivity index (χ4n) is 4.21. The molecule has 1 heterocycles. The molecule has 0 aliphatic heterocycles. The normalized spacial score (nSPS) is 18.6. The summed E-state index contributed by atoms with van der Waals surface area (Å²) in [6.07, 6.45) is 4.90. The molecule has 172 valence electrons. The van der Waals surface area contributed by atoms with Gasteiger partial charge in [0.15, 0.2) is 12.0 Å². The van der Waals surface area contributed by atoms with Crippen molar-refractivity contribution >= 4 is 12.2 Å². The molecule has 3 rings (SSSR count). The lowest BCUT2D eigenvalue weighted by Gasteiger charge is -2.38. The van der Waals surface area contributed by atoms with Crippen LogP contribution < -0.4 is 10.7 Å². The highest BCUT2D eigenvalue weighted by atomic mass is 19.1. The Labute approximate surface area is 182 Å². The van der Waals surface area contributed by atoms with E-state index in [9.17, 15) is 32.7 Å². The van der Waals surface area contributed by atoms with E-state index in [0.29, 0.717) is 24.8 Å². The zero-order chi connectivity index (χ0) is 23.6. The summed E-state index contributed by atoms with van der Waals surface area (Å²) >= 11 is 0. The molecule has 1 aliphatic rings. The lowest BCUT2D eigenvalue weighted by Crippen LogP contribution is -2.41. The van der Waals surface area contributed by atoms with Gasteiger partial charge in [-0.3, -0.25) is 14.4 Å². The summed E-state index contributed by atoms with van der Waals surface area (Å²) in [5.41, 5.74) is -2.35. The van der Waals surface area contributed by atoms with Crippen LogP contribution in [0.1, 0.15) is 58.1 Å². The minimum absolute atomic E-state index is 0.00247. The highest BCUT2D eigenvalue weighted by molar-refractivity contribution is 5.95. The molecule has 32 heavy (non-hydrogen) atoms. The van der Waals surface area contributed by atoms with Crippen molar-refractivity contribution < 1.29 is 27.9 Å². The van der Waals surface area contributed by atoms with Crippen LogP contribution in [0, 0.1) is 17.5 Å². The second kappa shape index (κ2) is 9.56. The number of hydrogen-bond donors (Lipinski definition) is 2. The number of pyridine rings is 1. The third-order valence-corrected chi connectivity index (χ3v) is 5.85. The molecule has 0 bridgehead atoms. The van der Waals surface area contributed by atoms with Crippen LogP contribution in [0.3, 0.4) is 0 Å². The fourth-order valence-corrected chi connectivity index (χ4v) is 4.21. The van der Waals surface area contributed by atoms with Crippen LogP contribution in [-0.4, -0.2) is 46.9 Å². The maximum Gasteiger partial charge on any atom is 0.257 e. The van der Waals surface area contributed by atoms with Gasteiger partial charge in [-0.05, 0) is 26.9 Å². The maximum absolute atomic E-state index is 13.9. The molecule has 1 aromatic carbocycles. The van der Waals surface area contributed by atoms with Crippen molar-refractivity contribution in [1.29, 1.82) is 0 Å². The smallest absolute Gasteiger partial charge is 0.257 e. The van der Waals surface area contributed by atoms with E-state index >= 15 is 0 Å². The number of rotatable bonds is 6. The minimum atomic E-state index is -1.18. The third kappa shape index (κ3) is 4.55. The van der Waals surface area contributed by atoms with Gasteiger partial charge in [-0.25, -0.2) is 13.2 Å². The number of nitrogens with zero attached hydrogens (tertiary/aromatic N) is 2. The number of carbonyl (C=O) groups is 2. The predicted molar refractivity (Wildman–Crippen MR) is 110 cm³/mol. The Balaban J connectivity index is 1.97. The molecule has 1 fully saturated rings. The van der Waals surface area contributed by atoms with Crippen molar-refractivity contribution in [2.75, 3.05) is 14.1 Å². The van der Waals surface area contributed by atoms with Gasteiger partial charge in [0.25, 0.3) is 5.91 Å². The van der Waals surface area contributed by atoms with Gasteiger partial charge >= 0.3 is 0 Å². The second-order valence-corrected chi connectivity index (χ2v) is 8.04. The first-order valence-corrected chi connectivity index (χ1v) is 10.2. The van der Waals surface area contributed by atoms with Crippen molar-refractivity contribution in [2.45, 2.75) is 44.3 Å². The maximum atomic E-state index is 13.9. The Bertz CT molecular complexity index is 1080. The SMILES string of the molecule is CN(C)C1CCCC[C@@H]1n1cc(C(=O)NCc2c(F)cc(F)cc2F)c(=O)c(O)c1C=O. The summed E-state index contributed by atoms with van der Waals surface area (Å²) in [7, 11) is 3.76. The molecule has 1 aliphatic carbocycles. The Hall–Kier alpha value is -3.14. The van der Waals surface area contributed by atoms with Crippen molar-refractivity contribution in [3.8, 4) is 5.75 Å². The molecule has 1 unspecified atom stereocenters. The first kappa shape index (κ1) is 23.5. The molecular weight excluding hydrogens is 427 g/mol. The number of benzene rings is 1. The van der Waals surface area contributed by atoms with Crippen LogP contribution in [0.15, 0.2) is 23.1 Å². The van der Waals surface area contributed by atoms with E-state index in [1.54, 1.807) is 0 Å². The number of hydrogen-bond acceptors (Lipinski definition) is 5. The first-order valence-electron chi connectivity index (χ1n) is 10.2. The average molecular weight is 451 g/mol. The van der Waals surface area contributed by atoms with Crippen molar-refractivity contribution in [2.24, 2.45) is 0 Å². The largest absolute Gasteiger partial charge is 0.503 e. The van der Waals surface area contributed by atoms with E-state index in [1.807, 2.05) is 19.0 Å². The number of likely N-dealkylation sites (N-methyl/N-ethyl adjacent to an activating group) is 1. The number of aldehydes is 1. The monoisotopic (exact) mass is 451 g/mol. The van der Waals surface area contributed by atoms with Crippen LogP contribution >= 0.6 is 0 Å². The zero-order valence-corrected chi connectivity index (χ0v) is 17.7. The predicted octanol–water partition coefficient (Wildman–Crippen LogP) is 2.76. The van der Waals surface area contributed by atoms with Crippen LogP contribution in [0.25, 0.3) is 0 Å². The van der Waals surface area contributed by atoms with Gasteiger partial charge in [0.05, 0.1) is 0 Å². The van der Waals surface area contributed by atoms with E-state index < -0.39 is 52.2 Å². The standard InChI is InChI=1S/C22H24F3N3O4/c1-27(2)17-5-3-4-6-18(17)28-10-14(20(30)21(31)19(28)11-29)22(32)26-9-13-15(24)7-12(23)8-16(13)25/h7-8,10-11,17-18,31H,3-6,9H2,1-2H3,(H,26,32)/t17?,18-/m0/s1. The van der Waals surface area contributed by atoms with E-state index in [0.717, 1.165) is 19.3 Å². The number of aromatic nitrogens is 1. The summed E-state index contributed by atoms with van der Waals surface area (Å²) in [6, 6.07) is 0.686. The average Bonchev–Trinajstić information content (AvgIpc) is 2.74. The Kier molecular flexibility index (Phi) is 7.02. The lowest BCUT2D eigenvalue weighted by atomic mass is 9.89. The second-order valence-electron chi connectivity index (χ2n) is 8.04. The number of aromatic hydroxyl groups is 1. The van der Waals surface area contributed by atoms with Crippen molar-refractivity contribution in [1.82, 2.24) is 14.8 Å². The first-order chi connectivity index (χ1) is 15.1. The number of halogens is 3. The van der Waals surface area contributed by atoms with Gasteiger partial charge in [0.2, 0.25) is 5.43 Å². The van der Waals surface area contributed by atoms with Crippen LogP contribution in [0.4, 0.5) is 13.2 Å². The highest BCUT2D eigenvalue weighted by Gasteiger charge is 2.31. The molecule has 1 saturated carbocycles. The summed E-state index contributed by atoms with van der Waals surface area (Å²) in [4.78, 5) is 38.9. The molecular formula is C22H24F3N3O4. The van der Waals surface area contributed by atoms with E-state index in [2.05, 4.69) is 5.32 Å². The molecule has 1 aromatic heterocycles. The van der Waals surface area contributed by atoms with Gasteiger partial charge in [-0.1, -0.05) is 12.8 Å². The highest BCUT2D eigenvalue weighted by Crippen LogP contribution is 2.33. The Morgan fingerprint density at radius 3 is 2.44 bits per heavy atom. The molecule has 10 heteroatoms. The molecule has 0 spiro atoms. The molecule has 2 atom stereocenters. The van der Waals surface area contributed by atoms with Crippen molar-refractivity contribution in [3.63, 3.8) is 0 Å². The van der Waals surface area contributed by atoms with E-state index in [-0.39, 0.29) is 17.8 Å². The summed E-state index contributed by atoms with van der Waals surface area (Å²) in [5.74, 6) is -5.33. The van der Waals surface area contributed by atoms with E-state index in [1.165, 1.54) is 10.8 Å². The van der Waals surface area contributed by atoms with Gasteiger partial charge in [0.1, 0.15) is 28.7 Å². The molecule has 2 N–H and O–H groups in total. The lowest BCUT2D eigenvalue weighted by molar-refractivity contribution is 0.0944. The number of nitrogens with one attached hydrogen (secondary N) is 1. The summed E-state index contributed by atoms with van der Waals surface area (Å²) < 4.78 is 42.2. The van der Waals surface area contributed by atoms with Crippen molar-refractivity contribution in [3.05, 3.63) is 62.8 Å². The van der Waals surface area contributed by atoms with Gasteiger partial charge in [-0.15, -0.1) is 0 Å². The fraction of sp³-hybridized carbons (Fsp3) is 0.409. The number of amides is 1. The third-order valence-electron chi connectivity index (χ3n) is 5.85. The Morgan fingerprint density at radius 1 is 1.22 bits per heavy atom.